The van der Waals surface area contributed by atoms with E-state index < -0.39 is 0 Å². The SMILES string of the molecule is CC(C)N(CCO)C(=O)c1ccnc(N)c1. The van der Waals surface area contributed by atoms with Crippen LogP contribution in [-0.4, -0.2) is 40.1 Å². The van der Waals surface area contributed by atoms with Crippen molar-refractivity contribution < 1.29 is 9.90 Å². The molecule has 0 unspecified atom stereocenters. The normalized spacial score (nSPS) is 10.5. The molecule has 0 aromatic carbocycles. The number of carbonyl (C=O) groups is 1. The number of amides is 1. The van der Waals surface area contributed by atoms with Gasteiger partial charge >= 0.3 is 0 Å². The van der Waals surface area contributed by atoms with E-state index in [1.54, 1.807) is 11.0 Å². The van der Waals surface area contributed by atoms with Crippen LogP contribution in [0.25, 0.3) is 0 Å². The van der Waals surface area contributed by atoms with Crippen LogP contribution in [0, 0.1) is 0 Å². The molecular formula is C11H17N3O2. The molecule has 3 N–H and O–H groups in total. The Balaban J connectivity index is 2.90. The van der Waals surface area contributed by atoms with Gasteiger partial charge in [0.15, 0.2) is 0 Å². The van der Waals surface area contributed by atoms with Gasteiger partial charge in [0.1, 0.15) is 5.82 Å². The number of nitrogens with two attached hydrogens (primary N) is 1. The van der Waals surface area contributed by atoms with Crippen molar-refractivity contribution in [2.24, 2.45) is 0 Å². The van der Waals surface area contributed by atoms with E-state index in [1.807, 2.05) is 13.8 Å². The lowest BCUT2D eigenvalue weighted by molar-refractivity contribution is 0.0665. The number of aliphatic hydroxyl groups is 1. The molecule has 1 rings (SSSR count). The Kier molecular flexibility index (Phi) is 4.25. The summed E-state index contributed by atoms with van der Waals surface area (Å²) in [6, 6.07) is 3.19. The zero-order chi connectivity index (χ0) is 12.1. The minimum Gasteiger partial charge on any atom is -0.395 e. The zero-order valence-corrected chi connectivity index (χ0v) is 9.55. The molecule has 0 aliphatic rings. The van der Waals surface area contributed by atoms with Crippen molar-refractivity contribution in [3.8, 4) is 0 Å². The fraction of sp³-hybridized carbons (Fsp3) is 0.455. The predicted octanol–water partition coefficient (Wildman–Crippen LogP) is 0.507. The van der Waals surface area contributed by atoms with Gasteiger partial charge in [-0.3, -0.25) is 4.79 Å². The van der Waals surface area contributed by atoms with Gasteiger partial charge in [0.2, 0.25) is 0 Å². The molecule has 0 spiro atoms. The quantitative estimate of drug-likeness (QED) is 0.779. The van der Waals surface area contributed by atoms with E-state index in [9.17, 15) is 4.79 Å². The Morgan fingerprint density at radius 1 is 1.62 bits per heavy atom. The van der Waals surface area contributed by atoms with Crippen LogP contribution in [0.5, 0.6) is 0 Å². The fourth-order valence-corrected chi connectivity index (χ4v) is 1.45. The number of nitrogen functional groups attached to an aromatic ring is 1. The Morgan fingerprint density at radius 3 is 2.81 bits per heavy atom. The average Bonchev–Trinajstić information content (AvgIpc) is 2.24. The van der Waals surface area contributed by atoms with Gasteiger partial charge in [-0.15, -0.1) is 0 Å². The van der Waals surface area contributed by atoms with Crippen LogP contribution in [0.3, 0.4) is 0 Å². The summed E-state index contributed by atoms with van der Waals surface area (Å²) in [4.78, 5) is 17.5. The monoisotopic (exact) mass is 223 g/mol. The first-order chi connectivity index (χ1) is 7.56. The number of anilines is 1. The summed E-state index contributed by atoms with van der Waals surface area (Å²) in [5.74, 6) is 0.178. The maximum atomic E-state index is 12.1. The minimum absolute atomic E-state index is 0.0361. The summed E-state index contributed by atoms with van der Waals surface area (Å²) in [7, 11) is 0. The summed E-state index contributed by atoms with van der Waals surface area (Å²) in [5.41, 5.74) is 6.01. The summed E-state index contributed by atoms with van der Waals surface area (Å²) in [6.07, 6.45) is 1.50. The molecule has 0 atom stereocenters. The van der Waals surface area contributed by atoms with Crippen molar-refractivity contribution >= 4 is 11.7 Å². The highest BCUT2D eigenvalue weighted by Crippen LogP contribution is 2.09. The predicted molar refractivity (Wildman–Crippen MR) is 61.9 cm³/mol. The number of carbonyl (C=O) groups excluding carboxylic acids is 1. The minimum atomic E-state index is -0.141. The first kappa shape index (κ1) is 12.4. The second-order valence-corrected chi connectivity index (χ2v) is 3.79. The van der Waals surface area contributed by atoms with Gasteiger partial charge in [-0.1, -0.05) is 0 Å². The number of hydrogen-bond donors (Lipinski definition) is 2. The standard InChI is InChI=1S/C11H17N3O2/c1-8(2)14(5-6-15)11(16)9-3-4-13-10(12)7-9/h3-4,7-8,15H,5-6H2,1-2H3,(H2,12,13). The van der Waals surface area contributed by atoms with Gasteiger partial charge in [-0.25, -0.2) is 4.98 Å². The molecule has 16 heavy (non-hydrogen) atoms. The van der Waals surface area contributed by atoms with Crippen molar-refractivity contribution in [3.05, 3.63) is 23.9 Å². The molecule has 1 aromatic rings. The molecule has 0 radical (unpaired) electrons. The third kappa shape index (κ3) is 2.93. The Morgan fingerprint density at radius 2 is 2.31 bits per heavy atom. The number of hydrogen-bond acceptors (Lipinski definition) is 4. The number of pyridine rings is 1. The molecule has 1 aromatic heterocycles. The molecule has 0 bridgehead atoms. The largest absolute Gasteiger partial charge is 0.395 e. The smallest absolute Gasteiger partial charge is 0.254 e. The third-order valence-corrected chi connectivity index (χ3v) is 2.25. The van der Waals surface area contributed by atoms with E-state index in [1.165, 1.54) is 12.3 Å². The molecule has 0 aliphatic heterocycles. The van der Waals surface area contributed by atoms with Crippen LogP contribution in [0.2, 0.25) is 0 Å². The number of aliphatic hydroxyl groups excluding tert-OH is 1. The highest BCUT2D eigenvalue weighted by Gasteiger charge is 2.18. The van der Waals surface area contributed by atoms with Crippen molar-refractivity contribution in [2.75, 3.05) is 18.9 Å². The van der Waals surface area contributed by atoms with E-state index >= 15 is 0 Å². The van der Waals surface area contributed by atoms with Gasteiger partial charge in [-0.2, -0.15) is 0 Å². The van der Waals surface area contributed by atoms with E-state index in [-0.39, 0.29) is 18.6 Å². The second kappa shape index (κ2) is 5.46. The Hall–Kier alpha value is -1.62. The van der Waals surface area contributed by atoms with Crippen LogP contribution < -0.4 is 5.73 Å². The molecule has 5 heteroatoms. The van der Waals surface area contributed by atoms with Gasteiger partial charge in [0, 0.05) is 24.3 Å². The lowest BCUT2D eigenvalue weighted by Crippen LogP contribution is -2.39. The summed E-state index contributed by atoms with van der Waals surface area (Å²) >= 11 is 0. The van der Waals surface area contributed by atoms with Crippen LogP contribution >= 0.6 is 0 Å². The first-order valence-corrected chi connectivity index (χ1v) is 5.19. The molecule has 1 heterocycles. The van der Waals surface area contributed by atoms with Crippen molar-refractivity contribution in [3.63, 3.8) is 0 Å². The molecule has 5 nitrogen and oxygen atoms in total. The van der Waals surface area contributed by atoms with Crippen LogP contribution in [0.4, 0.5) is 5.82 Å². The number of aromatic nitrogens is 1. The van der Waals surface area contributed by atoms with Crippen molar-refractivity contribution in [1.82, 2.24) is 9.88 Å². The molecule has 0 saturated carbocycles. The molecule has 88 valence electrons. The highest BCUT2D eigenvalue weighted by atomic mass is 16.3. The summed E-state index contributed by atoms with van der Waals surface area (Å²) < 4.78 is 0. The number of rotatable bonds is 4. The zero-order valence-electron chi connectivity index (χ0n) is 9.55. The maximum absolute atomic E-state index is 12.1. The second-order valence-electron chi connectivity index (χ2n) is 3.79. The van der Waals surface area contributed by atoms with Crippen LogP contribution in [-0.2, 0) is 0 Å². The molecule has 0 aliphatic carbocycles. The highest BCUT2D eigenvalue weighted by molar-refractivity contribution is 5.94. The lowest BCUT2D eigenvalue weighted by atomic mass is 10.2. The molecular weight excluding hydrogens is 206 g/mol. The third-order valence-electron chi connectivity index (χ3n) is 2.25. The van der Waals surface area contributed by atoms with E-state index in [2.05, 4.69) is 4.98 Å². The van der Waals surface area contributed by atoms with Crippen molar-refractivity contribution in [2.45, 2.75) is 19.9 Å². The van der Waals surface area contributed by atoms with Gasteiger partial charge in [0.25, 0.3) is 5.91 Å². The van der Waals surface area contributed by atoms with Crippen LogP contribution in [0.1, 0.15) is 24.2 Å². The maximum Gasteiger partial charge on any atom is 0.254 e. The van der Waals surface area contributed by atoms with Crippen molar-refractivity contribution in [1.29, 1.82) is 0 Å². The topological polar surface area (TPSA) is 79.5 Å². The van der Waals surface area contributed by atoms with Gasteiger partial charge in [0.05, 0.1) is 6.61 Å². The fourth-order valence-electron chi connectivity index (χ4n) is 1.45. The number of nitrogens with zero attached hydrogens (tertiary/aromatic N) is 2. The molecule has 1 amide bonds. The first-order valence-electron chi connectivity index (χ1n) is 5.19. The van der Waals surface area contributed by atoms with E-state index in [0.29, 0.717) is 17.9 Å². The lowest BCUT2D eigenvalue weighted by Gasteiger charge is -2.25. The summed E-state index contributed by atoms with van der Waals surface area (Å²) in [6.45, 7) is 4.07. The Bertz CT molecular complexity index is 366. The molecule has 0 saturated heterocycles. The van der Waals surface area contributed by atoms with Crippen LogP contribution in [0.15, 0.2) is 18.3 Å². The average molecular weight is 223 g/mol. The molecule has 0 fully saturated rings. The van der Waals surface area contributed by atoms with Gasteiger partial charge in [-0.05, 0) is 26.0 Å². The van der Waals surface area contributed by atoms with Gasteiger partial charge < -0.3 is 15.7 Å². The summed E-state index contributed by atoms with van der Waals surface area (Å²) in [5, 5.41) is 8.91. The van der Waals surface area contributed by atoms with E-state index in [4.69, 9.17) is 10.8 Å². The Labute approximate surface area is 94.9 Å². The van der Waals surface area contributed by atoms with E-state index in [0.717, 1.165) is 0 Å².